The van der Waals surface area contributed by atoms with E-state index >= 15 is 13.2 Å². The van der Waals surface area contributed by atoms with E-state index in [9.17, 15) is 19.2 Å². The number of anilines is 1. The molecule has 0 bridgehead atoms. The van der Waals surface area contributed by atoms with Crippen molar-refractivity contribution < 1.29 is 41.8 Å². The normalized spacial score (nSPS) is 18.4. The van der Waals surface area contributed by atoms with Crippen molar-refractivity contribution >= 4 is 29.5 Å². The monoisotopic (exact) mass is 764 g/mol. The Balaban J connectivity index is 1.63. The number of nitrogens with one attached hydrogen (secondary N) is 1. The average Bonchev–Trinajstić information content (AvgIpc) is 3.11. The highest BCUT2D eigenvalue weighted by atomic mass is 19.4. The van der Waals surface area contributed by atoms with E-state index in [0.29, 0.717) is 13.0 Å². The summed E-state index contributed by atoms with van der Waals surface area (Å²) in [5.41, 5.74) is -1.42. The number of alkyl halides is 3. The van der Waals surface area contributed by atoms with Gasteiger partial charge in [-0.2, -0.15) is 13.2 Å². The van der Waals surface area contributed by atoms with Crippen LogP contribution in [-0.4, -0.2) is 83.1 Å². The summed E-state index contributed by atoms with van der Waals surface area (Å²) in [4.78, 5) is 58.3. The second-order valence-electron chi connectivity index (χ2n) is 15.8. The molecule has 0 saturated carbocycles. The first-order valence-electron chi connectivity index (χ1n) is 18.7. The van der Waals surface area contributed by atoms with Crippen molar-refractivity contribution in [2.45, 2.75) is 104 Å². The lowest BCUT2D eigenvalue weighted by Gasteiger charge is -2.46. The highest BCUT2D eigenvalue weighted by Gasteiger charge is 2.47. The van der Waals surface area contributed by atoms with Crippen LogP contribution in [0.15, 0.2) is 66.7 Å². The summed E-state index contributed by atoms with van der Waals surface area (Å²) in [7, 11) is 0. The Morgan fingerprint density at radius 3 is 2.29 bits per heavy atom. The lowest BCUT2D eigenvalue weighted by molar-refractivity contribution is -0.138. The number of ether oxygens (including phenoxy) is 2. The molecule has 0 unspecified atom stereocenters. The van der Waals surface area contributed by atoms with Gasteiger partial charge in [0.1, 0.15) is 11.4 Å². The fourth-order valence-electron chi connectivity index (χ4n) is 7.26. The molecule has 4 amide bonds. The molecule has 1 saturated heterocycles. The maximum atomic E-state index is 15.0. The number of rotatable bonds is 9. The van der Waals surface area contributed by atoms with E-state index in [1.165, 1.54) is 28.5 Å². The summed E-state index contributed by atoms with van der Waals surface area (Å²) in [6.45, 7) is 13.6. The molecule has 3 aromatic carbocycles. The highest BCUT2D eigenvalue weighted by molar-refractivity contribution is 6.05. The lowest BCUT2D eigenvalue weighted by Crippen LogP contribution is -2.57. The van der Waals surface area contributed by atoms with Gasteiger partial charge in [-0.05, 0) is 83.7 Å². The van der Waals surface area contributed by atoms with Gasteiger partial charge in [-0.15, -0.1) is 0 Å². The van der Waals surface area contributed by atoms with Crippen LogP contribution in [0.5, 0.6) is 5.75 Å². The van der Waals surface area contributed by atoms with Crippen LogP contribution in [0, 0.1) is 0 Å². The van der Waals surface area contributed by atoms with Crippen molar-refractivity contribution in [3.8, 4) is 16.9 Å². The Morgan fingerprint density at radius 1 is 1.00 bits per heavy atom. The summed E-state index contributed by atoms with van der Waals surface area (Å²) < 4.78 is 56.6. The third-order valence-electron chi connectivity index (χ3n) is 9.83. The molecule has 5 rings (SSSR count). The molecule has 10 nitrogen and oxygen atoms in total. The van der Waals surface area contributed by atoms with E-state index in [4.69, 9.17) is 9.47 Å². The topological polar surface area (TPSA) is 108 Å². The minimum absolute atomic E-state index is 0.00436. The van der Waals surface area contributed by atoms with Gasteiger partial charge >= 0.3 is 12.3 Å². The van der Waals surface area contributed by atoms with Gasteiger partial charge in [0.15, 0.2) is 5.60 Å². The smallest absolute Gasteiger partial charge is 0.417 e. The molecule has 1 fully saturated rings. The molecule has 0 radical (unpaired) electrons. The fourth-order valence-corrected chi connectivity index (χ4v) is 7.26. The largest absolute Gasteiger partial charge is 0.476 e. The Hall–Kier alpha value is -5.07. The second kappa shape index (κ2) is 16.0. The number of carbonyl (C=O) groups excluding carboxylic acids is 4. The van der Waals surface area contributed by atoms with Crippen molar-refractivity contribution in [2.75, 3.05) is 31.1 Å². The van der Waals surface area contributed by atoms with Crippen molar-refractivity contribution in [2.24, 2.45) is 0 Å². The van der Waals surface area contributed by atoms with Gasteiger partial charge in [-0.3, -0.25) is 14.4 Å². The van der Waals surface area contributed by atoms with E-state index in [1.807, 2.05) is 54.6 Å². The number of benzene rings is 3. The van der Waals surface area contributed by atoms with E-state index in [2.05, 4.69) is 5.32 Å². The van der Waals surface area contributed by atoms with Crippen LogP contribution >= 0.6 is 0 Å². The van der Waals surface area contributed by atoms with Crippen LogP contribution in [0.1, 0.15) is 95.6 Å². The van der Waals surface area contributed by atoms with Crippen LogP contribution in [0.2, 0.25) is 0 Å². The number of fused-ring (bicyclic) bond motifs is 1. The van der Waals surface area contributed by atoms with Gasteiger partial charge < -0.3 is 29.5 Å². The van der Waals surface area contributed by atoms with Crippen molar-refractivity contribution in [1.29, 1.82) is 0 Å². The lowest BCUT2D eigenvalue weighted by atomic mass is 9.82. The number of carbonyl (C=O) groups is 4. The molecule has 0 spiro atoms. The van der Waals surface area contributed by atoms with Gasteiger partial charge in [-0.1, -0.05) is 61.5 Å². The minimum atomic E-state index is -4.98. The summed E-state index contributed by atoms with van der Waals surface area (Å²) in [5.74, 6) is -2.29. The zero-order chi connectivity index (χ0) is 40.5. The van der Waals surface area contributed by atoms with Crippen LogP contribution in [0.3, 0.4) is 0 Å². The fraction of sp³-hybridized carbons (Fsp3) is 0.476. The zero-order valence-corrected chi connectivity index (χ0v) is 32.8. The predicted molar refractivity (Wildman–Crippen MR) is 204 cm³/mol. The summed E-state index contributed by atoms with van der Waals surface area (Å²) in [5, 5.41) is 2.70. The van der Waals surface area contributed by atoms with E-state index < -0.39 is 58.5 Å². The van der Waals surface area contributed by atoms with Crippen LogP contribution in [0.25, 0.3) is 11.1 Å². The Bertz CT molecular complexity index is 1910. The molecule has 2 aliphatic rings. The maximum absolute atomic E-state index is 15.0. The minimum Gasteiger partial charge on any atom is -0.476 e. The number of piperidine rings is 1. The van der Waals surface area contributed by atoms with Crippen LogP contribution in [-0.2, 0) is 20.5 Å². The summed E-state index contributed by atoms with van der Waals surface area (Å²) in [6, 6.07) is 18.1. The first-order chi connectivity index (χ1) is 25.7. The maximum Gasteiger partial charge on any atom is 0.417 e. The Kier molecular flexibility index (Phi) is 11.9. The Labute approximate surface area is 320 Å². The SMILES string of the molecule is CCC(=O)NCCN1C(=O)C(C)(C)Oc2cc(C(F)(F)F)c(C(=O)N(C(C)C)[C@H]3CN(C(=O)OC(C)(C)C)CC[C@@H]3c3cccc(-c4ccccc4)c3)cc21. The molecular weight excluding hydrogens is 713 g/mol. The molecule has 1 N–H and O–H groups in total. The van der Waals surface area contributed by atoms with Gasteiger partial charge in [-0.25, -0.2) is 4.79 Å². The van der Waals surface area contributed by atoms with Gasteiger partial charge in [0.2, 0.25) is 5.91 Å². The predicted octanol–water partition coefficient (Wildman–Crippen LogP) is 8.05. The molecule has 2 heterocycles. The average molecular weight is 765 g/mol. The second-order valence-corrected chi connectivity index (χ2v) is 15.8. The van der Waals surface area contributed by atoms with Crippen molar-refractivity contribution in [3.63, 3.8) is 0 Å². The first-order valence-corrected chi connectivity index (χ1v) is 18.7. The summed E-state index contributed by atoms with van der Waals surface area (Å²) in [6.07, 6.45) is -4.94. The molecule has 296 valence electrons. The van der Waals surface area contributed by atoms with Crippen molar-refractivity contribution in [1.82, 2.24) is 15.1 Å². The Morgan fingerprint density at radius 2 is 1.67 bits per heavy atom. The van der Waals surface area contributed by atoms with Gasteiger partial charge in [0.05, 0.1) is 22.9 Å². The number of likely N-dealkylation sites (tertiary alicyclic amines) is 1. The van der Waals surface area contributed by atoms with Crippen LogP contribution in [0.4, 0.5) is 23.7 Å². The van der Waals surface area contributed by atoms with Crippen molar-refractivity contribution in [3.05, 3.63) is 83.4 Å². The quantitative estimate of drug-likeness (QED) is 0.236. The number of amides is 4. The van der Waals surface area contributed by atoms with Gasteiger partial charge in [0, 0.05) is 44.6 Å². The molecular formula is C42H51F3N4O6. The zero-order valence-electron chi connectivity index (χ0n) is 32.8. The number of nitrogens with zero attached hydrogens (tertiary/aromatic N) is 3. The molecule has 55 heavy (non-hydrogen) atoms. The number of hydrogen-bond donors (Lipinski definition) is 1. The summed E-state index contributed by atoms with van der Waals surface area (Å²) >= 11 is 0. The molecule has 0 aliphatic carbocycles. The number of hydrogen-bond acceptors (Lipinski definition) is 6. The third kappa shape index (κ3) is 9.25. The third-order valence-corrected chi connectivity index (χ3v) is 9.83. The molecule has 0 aromatic heterocycles. The molecule has 13 heteroatoms. The van der Waals surface area contributed by atoms with Crippen LogP contribution < -0.4 is 15.0 Å². The molecule has 3 aromatic rings. The van der Waals surface area contributed by atoms with E-state index in [0.717, 1.165) is 28.8 Å². The van der Waals surface area contributed by atoms with Gasteiger partial charge in [0.25, 0.3) is 11.8 Å². The van der Waals surface area contributed by atoms with E-state index in [1.54, 1.807) is 41.5 Å². The van der Waals surface area contributed by atoms with E-state index in [-0.39, 0.29) is 49.3 Å². The molecule has 2 aliphatic heterocycles. The first kappa shape index (κ1) is 41.1. The molecule has 2 atom stereocenters. The highest BCUT2D eigenvalue weighted by Crippen LogP contribution is 2.45. The standard InChI is InChI=1S/C42H51F3N4O6/c1-9-36(50)46-19-21-48-33-23-31(32(42(43,44)45)24-35(33)54-41(7,8)38(48)52)37(51)49(26(2)3)34-25-47(39(53)55-40(4,5)6)20-18-30(34)29-17-13-16-28(22-29)27-14-11-10-12-15-27/h10-17,22-24,26,30,34H,9,18-21,25H2,1-8H3,(H,46,50)/t30-,34+/m1/s1. The number of halogens is 3.